The minimum atomic E-state index is -0.773. The number of carbonyl (C=O) groups is 2. The number of esters is 1. The van der Waals surface area contributed by atoms with Crippen LogP contribution in [0.1, 0.15) is 72.1 Å². The largest absolute Gasteiger partial charge is 0.462 e. The van der Waals surface area contributed by atoms with Crippen molar-refractivity contribution in [3.8, 4) is 0 Å². The molecule has 10 atom stereocenters. The molecule has 0 aromatic rings. The number of aliphatic hydroxyl groups is 3. The summed E-state index contributed by atoms with van der Waals surface area (Å²) >= 11 is 0. The molecule has 2 fully saturated rings. The molecule has 0 radical (unpaired) electrons. The molecule has 11 heteroatoms. The molecule has 0 aliphatic carbocycles. The van der Waals surface area contributed by atoms with E-state index in [1.54, 1.807) is 6.08 Å². The highest BCUT2D eigenvalue weighted by Crippen LogP contribution is 2.31. The van der Waals surface area contributed by atoms with Crippen molar-refractivity contribution >= 4 is 11.9 Å². The summed E-state index contributed by atoms with van der Waals surface area (Å²) < 4.78 is 29.6. The molecule has 10 unspecified atom stereocenters. The average Bonchev–Trinajstić information content (AvgIpc) is 2.90. The number of aliphatic hydroxyl groups excluding tert-OH is 3. The third-order valence-corrected chi connectivity index (χ3v) is 7.21. The highest BCUT2D eigenvalue weighted by Gasteiger charge is 2.36. The van der Waals surface area contributed by atoms with Crippen LogP contribution in [0.3, 0.4) is 0 Å². The van der Waals surface area contributed by atoms with Gasteiger partial charge in [0.2, 0.25) is 5.91 Å². The Kier molecular flexibility index (Phi) is 15.8. The lowest BCUT2D eigenvalue weighted by atomic mass is 9.91. The maximum absolute atomic E-state index is 11.7. The number of rotatable bonds is 17. The second-order valence-corrected chi connectivity index (χ2v) is 11.0. The van der Waals surface area contributed by atoms with Crippen LogP contribution in [0.15, 0.2) is 31.0 Å². The van der Waals surface area contributed by atoms with Crippen LogP contribution in [0.4, 0.5) is 0 Å². The molecule has 0 aromatic carbocycles. The number of carbonyl (C=O) groups excluding carboxylic acids is 2. The van der Waals surface area contributed by atoms with Gasteiger partial charge < -0.3 is 44.3 Å². The standard InChI is InChI=1S/C30H49NO10/c1-6-9-29-38-24(11-19(4)10-22(35)18-32)15-25(39-29)12-21(34)13-26-16-27(14-23(7-2)37-20(5)33)41-30(40-26)17-31-28(36)8-3/h8-9,19,21-27,29-30,32,34-35H,1,3,7,10-18H2,2,4-5H3,(H,31,36). The van der Waals surface area contributed by atoms with Crippen LogP contribution < -0.4 is 5.32 Å². The van der Waals surface area contributed by atoms with Gasteiger partial charge in [-0.25, -0.2) is 0 Å². The Labute approximate surface area is 243 Å². The normalized spacial score (nSPS) is 29.3. The number of hydrogen-bond donors (Lipinski definition) is 4. The first kappa shape index (κ1) is 35.1. The van der Waals surface area contributed by atoms with Gasteiger partial charge in [0.15, 0.2) is 12.6 Å². The molecule has 2 heterocycles. The molecule has 2 saturated heterocycles. The summed E-state index contributed by atoms with van der Waals surface area (Å²) in [6.45, 7) is 12.2. The summed E-state index contributed by atoms with van der Waals surface area (Å²) in [5, 5.41) is 32.7. The summed E-state index contributed by atoms with van der Waals surface area (Å²) in [4.78, 5) is 23.2. The number of hydrogen-bond acceptors (Lipinski definition) is 10. The fourth-order valence-corrected chi connectivity index (χ4v) is 5.43. The zero-order valence-corrected chi connectivity index (χ0v) is 24.6. The Balaban J connectivity index is 2.01. The summed E-state index contributed by atoms with van der Waals surface area (Å²) in [6.07, 6.45) is 2.40. The van der Waals surface area contributed by atoms with E-state index < -0.39 is 24.8 Å². The van der Waals surface area contributed by atoms with Gasteiger partial charge in [-0.3, -0.25) is 9.59 Å². The van der Waals surface area contributed by atoms with Gasteiger partial charge in [-0.2, -0.15) is 0 Å². The molecule has 0 bridgehead atoms. The van der Waals surface area contributed by atoms with Gasteiger partial charge in [-0.1, -0.05) is 27.0 Å². The summed E-state index contributed by atoms with van der Waals surface area (Å²) in [7, 11) is 0. The molecular formula is C30H49NO10. The Bertz CT molecular complexity index is 862. The summed E-state index contributed by atoms with van der Waals surface area (Å²) in [5.74, 6) is -0.593. The predicted octanol–water partition coefficient (Wildman–Crippen LogP) is 2.27. The first-order chi connectivity index (χ1) is 19.5. The van der Waals surface area contributed by atoms with E-state index in [9.17, 15) is 19.8 Å². The Hall–Kier alpha value is -2.08. The number of nitrogens with one attached hydrogen (secondary N) is 1. The molecule has 0 saturated carbocycles. The van der Waals surface area contributed by atoms with Gasteiger partial charge in [0.25, 0.3) is 0 Å². The zero-order chi connectivity index (χ0) is 30.4. The van der Waals surface area contributed by atoms with Crippen molar-refractivity contribution in [1.29, 1.82) is 0 Å². The lowest BCUT2D eigenvalue weighted by molar-refractivity contribution is -0.251. The topological polar surface area (TPSA) is 153 Å². The van der Waals surface area contributed by atoms with Crippen molar-refractivity contribution in [3.63, 3.8) is 0 Å². The van der Waals surface area contributed by atoms with Gasteiger partial charge in [-0.15, -0.1) is 5.73 Å². The molecule has 0 spiro atoms. The molecule has 4 N–H and O–H groups in total. The quantitative estimate of drug-likeness (QED) is 0.114. The van der Waals surface area contributed by atoms with Crippen molar-refractivity contribution in [2.75, 3.05) is 13.2 Å². The number of amides is 1. The van der Waals surface area contributed by atoms with Gasteiger partial charge in [-0.05, 0) is 44.1 Å². The van der Waals surface area contributed by atoms with Gasteiger partial charge >= 0.3 is 5.97 Å². The Morgan fingerprint density at radius 1 is 1.02 bits per heavy atom. The van der Waals surface area contributed by atoms with Crippen LogP contribution >= 0.6 is 0 Å². The van der Waals surface area contributed by atoms with Crippen LogP contribution in [0.5, 0.6) is 0 Å². The van der Waals surface area contributed by atoms with Crippen molar-refractivity contribution < 1.29 is 48.6 Å². The SMILES string of the molecule is C=C=CC1OC(CC(C)CC(O)CO)CC(CC(O)CC2CC(CC(CC)OC(C)=O)OC(CNC(=O)C=C)O2)O1. The van der Waals surface area contributed by atoms with E-state index in [-0.39, 0.29) is 61.5 Å². The zero-order valence-electron chi connectivity index (χ0n) is 24.6. The molecule has 11 nitrogen and oxygen atoms in total. The number of ether oxygens (including phenoxy) is 5. The summed E-state index contributed by atoms with van der Waals surface area (Å²) in [6, 6.07) is 0. The molecular weight excluding hydrogens is 534 g/mol. The highest BCUT2D eigenvalue weighted by atomic mass is 16.7. The first-order valence-corrected chi connectivity index (χ1v) is 14.6. The van der Waals surface area contributed by atoms with E-state index in [1.165, 1.54) is 13.0 Å². The van der Waals surface area contributed by atoms with E-state index >= 15 is 0 Å². The Morgan fingerprint density at radius 2 is 1.61 bits per heavy atom. The Morgan fingerprint density at radius 3 is 2.15 bits per heavy atom. The van der Waals surface area contributed by atoms with Crippen LogP contribution in [0.25, 0.3) is 0 Å². The van der Waals surface area contributed by atoms with Crippen molar-refractivity contribution in [1.82, 2.24) is 5.32 Å². The maximum atomic E-state index is 11.7. The van der Waals surface area contributed by atoms with E-state index in [4.69, 9.17) is 28.8 Å². The molecule has 1 amide bonds. The second kappa shape index (κ2) is 18.5. The monoisotopic (exact) mass is 583 g/mol. The third kappa shape index (κ3) is 13.6. The fraction of sp³-hybridized carbons (Fsp3) is 0.767. The molecule has 2 aliphatic rings. The second-order valence-electron chi connectivity index (χ2n) is 11.0. The smallest absolute Gasteiger partial charge is 0.302 e. The van der Waals surface area contributed by atoms with Crippen LogP contribution in [-0.4, -0.2) is 95.7 Å². The average molecular weight is 584 g/mol. The minimum absolute atomic E-state index is 0.113. The van der Waals surface area contributed by atoms with Crippen LogP contribution in [-0.2, 0) is 33.3 Å². The van der Waals surface area contributed by atoms with E-state index in [0.29, 0.717) is 51.4 Å². The van der Waals surface area contributed by atoms with Gasteiger partial charge in [0.05, 0.1) is 49.8 Å². The van der Waals surface area contributed by atoms with Crippen molar-refractivity contribution in [2.45, 2.75) is 127 Å². The van der Waals surface area contributed by atoms with Gasteiger partial charge in [0, 0.05) is 32.3 Å². The van der Waals surface area contributed by atoms with E-state index in [2.05, 4.69) is 24.2 Å². The lowest BCUT2D eigenvalue weighted by Crippen LogP contribution is -2.46. The summed E-state index contributed by atoms with van der Waals surface area (Å²) in [5.41, 5.74) is 2.70. The van der Waals surface area contributed by atoms with E-state index in [0.717, 1.165) is 0 Å². The predicted molar refractivity (Wildman–Crippen MR) is 150 cm³/mol. The lowest BCUT2D eigenvalue weighted by Gasteiger charge is -2.39. The highest BCUT2D eigenvalue weighted by molar-refractivity contribution is 5.86. The van der Waals surface area contributed by atoms with Gasteiger partial charge in [0.1, 0.15) is 6.10 Å². The molecule has 234 valence electrons. The third-order valence-electron chi connectivity index (χ3n) is 7.21. The van der Waals surface area contributed by atoms with E-state index in [1.807, 2.05) is 13.8 Å². The molecule has 41 heavy (non-hydrogen) atoms. The molecule has 0 aromatic heterocycles. The van der Waals surface area contributed by atoms with Crippen molar-refractivity contribution in [3.05, 3.63) is 31.0 Å². The van der Waals surface area contributed by atoms with Crippen LogP contribution in [0.2, 0.25) is 0 Å². The van der Waals surface area contributed by atoms with Crippen LogP contribution in [0, 0.1) is 5.92 Å². The molecule has 2 rings (SSSR count). The minimum Gasteiger partial charge on any atom is -0.462 e. The fourth-order valence-electron chi connectivity index (χ4n) is 5.43. The van der Waals surface area contributed by atoms with Crippen molar-refractivity contribution in [2.24, 2.45) is 5.92 Å². The first-order valence-electron chi connectivity index (χ1n) is 14.6. The molecule has 2 aliphatic heterocycles. The maximum Gasteiger partial charge on any atom is 0.302 e.